The van der Waals surface area contributed by atoms with E-state index in [0.29, 0.717) is 27.3 Å². The van der Waals surface area contributed by atoms with Crippen LogP contribution in [0.25, 0.3) is 16.6 Å². The van der Waals surface area contributed by atoms with Crippen LogP contribution in [0.5, 0.6) is 0 Å². The quantitative estimate of drug-likeness (QED) is 0.251. The molecule has 1 unspecified atom stereocenters. The Hall–Kier alpha value is -4.28. The fraction of sp³-hybridized carbons (Fsp3) is 0.0417. The molecule has 1 aliphatic heterocycles. The average Bonchev–Trinajstić information content (AvgIpc) is 3.15. The van der Waals surface area contributed by atoms with Gasteiger partial charge in [-0.15, -0.1) is 0 Å². The second-order valence-electron chi connectivity index (χ2n) is 7.38. The largest absolute Gasteiger partial charge is 0.330 e. The molecular formula is C24H16ClN7O2S. The fourth-order valence-corrected chi connectivity index (χ4v) is 3.89. The Bertz CT molecular complexity index is 1570. The van der Waals surface area contributed by atoms with Gasteiger partial charge in [0.05, 0.1) is 27.8 Å². The zero-order chi connectivity index (χ0) is 24.4. The van der Waals surface area contributed by atoms with Crippen LogP contribution in [0.3, 0.4) is 0 Å². The number of halogens is 1. The van der Waals surface area contributed by atoms with E-state index >= 15 is 0 Å². The molecular weight excluding hydrogens is 486 g/mol. The normalized spacial score (nSPS) is 16.0. The number of nitrogens with one attached hydrogen (secondary N) is 1. The third-order valence-electron chi connectivity index (χ3n) is 5.13. The highest BCUT2D eigenvalue weighted by atomic mass is 35.5. The van der Waals surface area contributed by atoms with Crippen molar-refractivity contribution in [2.24, 2.45) is 15.3 Å². The van der Waals surface area contributed by atoms with Crippen molar-refractivity contribution in [2.45, 2.75) is 6.17 Å². The summed E-state index contributed by atoms with van der Waals surface area (Å²) in [7, 11) is 0. The second-order valence-corrected chi connectivity index (χ2v) is 8.17. The van der Waals surface area contributed by atoms with Gasteiger partial charge >= 0.3 is 0 Å². The van der Waals surface area contributed by atoms with Gasteiger partial charge in [0.15, 0.2) is 10.9 Å². The molecule has 1 amide bonds. The van der Waals surface area contributed by atoms with Gasteiger partial charge in [0.25, 0.3) is 11.5 Å². The topological polar surface area (TPSA) is 104 Å². The number of carbonyl (C=O) groups excluding carboxylic acids is 1. The van der Waals surface area contributed by atoms with Gasteiger partial charge in [-0.05, 0) is 48.6 Å². The Morgan fingerprint density at radius 2 is 1.69 bits per heavy atom. The van der Waals surface area contributed by atoms with Crippen LogP contribution in [0.2, 0.25) is 5.02 Å². The van der Waals surface area contributed by atoms with Crippen molar-refractivity contribution in [2.75, 3.05) is 0 Å². The summed E-state index contributed by atoms with van der Waals surface area (Å²) in [5.41, 5.74) is 1.27. The number of thiocarbonyl (C=S) groups is 1. The fourth-order valence-electron chi connectivity index (χ4n) is 3.47. The van der Waals surface area contributed by atoms with E-state index in [2.05, 4.69) is 25.6 Å². The Kier molecular flexibility index (Phi) is 6.13. The molecule has 1 aromatic heterocycles. The molecule has 4 aromatic rings. The number of benzene rings is 3. The van der Waals surface area contributed by atoms with Crippen molar-refractivity contribution < 1.29 is 4.79 Å². The smallest absolute Gasteiger partial charge is 0.296 e. The monoisotopic (exact) mass is 501 g/mol. The van der Waals surface area contributed by atoms with Crippen LogP contribution in [0.4, 0.5) is 5.69 Å². The molecule has 0 bridgehead atoms. The van der Waals surface area contributed by atoms with Crippen molar-refractivity contribution >= 4 is 57.6 Å². The summed E-state index contributed by atoms with van der Waals surface area (Å²) >= 11 is 11.3. The van der Waals surface area contributed by atoms with Gasteiger partial charge < -0.3 is 5.32 Å². The van der Waals surface area contributed by atoms with E-state index in [1.165, 1.54) is 10.8 Å². The number of carbonyl (C=O) groups is 1. The summed E-state index contributed by atoms with van der Waals surface area (Å²) in [5.74, 6) is -0.298. The van der Waals surface area contributed by atoms with Gasteiger partial charge in [-0.2, -0.15) is 20.3 Å². The van der Waals surface area contributed by atoms with Crippen LogP contribution >= 0.6 is 23.8 Å². The van der Waals surface area contributed by atoms with Gasteiger partial charge in [-0.3, -0.25) is 14.2 Å². The Morgan fingerprint density at radius 3 is 2.49 bits per heavy atom. The Labute approximate surface area is 209 Å². The number of hydrazone groups is 1. The number of hydrogen-bond acceptors (Lipinski definition) is 7. The van der Waals surface area contributed by atoms with Gasteiger partial charge in [-0.25, -0.2) is 4.98 Å². The molecule has 1 N–H and O–H groups in total. The van der Waals surface area contributed by atoms with Crippen molar-refractivity contribution in [3.8, 4) is 5.69 Å². The number of amides is 1. The minimum absolute atomic E-state index is 0.0451. The number of aromatic nitrogens is 2. The maximum absolute atomic E-state index is 13.3. The molecule has 0 radical (unpaired) electrons. The van der Waals surface area contributed by atoms with Crippen LogP contribution in [-0.2, 0) is 4.79 Å². The molecule has 5 rings (SSSR count). The number of nitrogens with zero attached hydrogens (tertiary/aromatic N) is 6. The van der Waals surface area contributed by atoms with E-state index in [-0.39, 0.29) is 16.5 Å². The summed E-state index contributed by atoms with van der Waals surface area (Å²) in [4.78, 5) is 30.7. The number of hydrogen-bond donors (Lipinski definition) is 1. The first-order chi connectivity index (χ1) is 17.0. The first kappa shape index (κ1) is 22.5. The van der Waals surface area contributed by atoms with Crippen molar-refractivity contribution in [3.05, 3.63) is 100 Å². The van der Waals surface area contributed by atoms with Gasteiger partial charge in [-0.1, -0.05) is 54.1 Å². The zero-order valence-electron chi connectivity index (χ0n) is 17.9. The molecule has 1 saturated heterocycles. The van der Waals surface area contributed by atoms with E-state index in [1.807, 2.05) is 18.2 Å². The highest BCUT2D eigenvalue weighted by Gasteiger charge is 2.36. The third kappa shape index (κ3) is 4.44. The van der Waals surface area contributed by atoms with Crippen LogP contribution in [-0.4, -0.2) is 38.0 Å². The van der Waals surface area contributed by atoms with E-state index < -0.39 is 12.1 Å². The molecule has 0 saturated carbocycles. The van der Waals surface area contributed by atoms with Crippen molar-refractivity contribution in [3.63, 3.8) is 0 Å². The van der Waals surface area contributed by atoms with E-state index in [0.717, 1.165) is 5.01 Å². The minimum atomic E-state index is -1.06. The zero-order valence-corrected chi connectivity index (χ0v) is 19.5. The van der Waals surface area contributed by atoms with Crippen molar-refractivity contribution in [1.29, 1.82) is 0 Å². The summed E-state index contributed by atoms with van der Waals surface area (Å²) in [6.45, 7) is 0. The number of rotatable bonds is 5. The van der Waals surface area contributed by atoms with Crippen LogP contribution in [0, 0.1) is 0 Å². The molecule has 3 aromatic carbocycles. The van der Waals surface area contributed by atoms with E-state index in [1.54, 1.807) is 60.7 Å². The molecule has 9 nitrogen and oxygen atoms in total. The third-order valence-corrected chi connectivity index (χ3v) is 5.74. The van der Waals surface area contributed by atoms with Crippen LogP contribution in [0.15, 0.2) is 99.0 Å². The Morgan fingerprint density at radius 1 is 0.971 bits per heavy atom. The average molecular weight is 502 g/mol. The van der Waals surface area contributed by atoms with Crippen LogP contribution < -0.4 is 10.9 Å². The first-order valence-corrected chi connectivity index (χ1v) is 11.2. The highest BCUT2D eigenvalue weighted by Crippen LogP contribution is 2.24. The lowest BCUT2D eigenvalue weighted by atomic mass is 10.2. The second kappa shape index (κ2) is 9.53. The van der Waals surface area contributed by atoms with Gasteiger partial charge in [0, 0.05) is 0 Å². The maximum atomic E-state index is 13.3. The van der Waals surface area contributed by atoms with Gasteiger partial charge in [0.1, 0.15) is 5.69 Å². The number of fused-ring (bicyclic) bond motifs is 1. The highest BCUT2D eigenvalue weighted by molar-refractivity contribution is 7.80. The minimum Gasteiger partial charge on any atom is -0.330 e. The predicted molar refractivity (Wildman–Crippen MR) is 137 cm³/mol. The summed E-state index contributed by atoms with van der Waals surface area (Å²) in [5, 5.41) is 16.9. The van der Waals surface area contributed by atoms with Crippen molar-refractivity contribution in [1.82, 2.24) is 19.9 Å². The lowest BCUT2D eigenvalue weighted by Crippen LogP contribution is -2.27. The lowest BCUT2D eigenvalue weighted by molar-refractivity contribution is -0.127. The maximum Gasteiger partial charge on any atom is 0.296 e. The summed E-state index contributed by atoms with van der Waals surface area (Å²) < 4.78 is 1.43. The summed E-state index contributed by atoms with van der Waals surface area (Å²) in [6, 6.07) is 22.9. The lowest BCUT2D eigenvalue weighted by Gasteiger charge is -2.12. The van der Waals surface area contributed by atoms with E-state index in [9.17, 15) is 9.59 Å². The molecule has 1 aliphatic rings. The molecule has 172 valence electrons. The molecule has 1 atom stereocenters. The standard InChI is InChI=1S/C24H16ClN7O2S/c25-17-11-5-7-13-19(17)29-30-21-23(34)32(24(35)28-21)26-14-20-27-18-12-6-4-10-16(18)22(33)31(20)15-8-2-1-3-9-15/h1-14,21H,(H,28,35)/b26-14-,30-29?. The Balaban J connectivity index is 1.49. The molecule has 1 fully saturated rings. The molecule has 35 heavy (non-hydrogen) atoms. The molecule has 2 heterocycles. The molecule has 0 aliphatic carbocycles. The van der Waals surface area contributed by atoms with E-state index in [4.69, 9.17) is 23.8 Å². The van der Waals surface area contributed by atoms with Crippen LogP contribution in [0.1, 0.15) is 5.82 Å². The predicted octanol–water partition coefficient (Wildman–Crippen LogP) is 4.20. The number of para-hydroxylation sites is 2. The summed E-state index contributed by atoms with van der Waals surface area (Å²) in [6.07, 6.45) is 0.261. The SMILES string of the molecule is O=C1C(N=Nc2ccccc2Cl)NC(=S)N1/N=C\c1nc2ccccc2c(=O)n1-c1ccccc1. The number of azo groups is 1. The molecule has 0 spiro atoms. The van der Waals surface area contributed by atoms with Gasteiger partial charge in [0.2, 0.25) is 6.17 Å². The molecule has 11 heteroatoms. The first-order valence-electron chi connectivity index (χ1n) is 10.4.